The van der Waals surface area contributed by atoms with Gasteiger partial charge >= 0.3 is 5.76 Å². The summed E-state index contributed by atoms with van der Waals surface area (Å²) < 4.78 is 35.4. The first-order valence-electron chi connectivity index (χ1n) is 14.7. The highest BCUT2D eigenvalue weighted by Crippen LogP contribution is 2.39. The topological polar surface area (TPSA) is 132 Å². The van der Waals surface area contributed by atoms with E-state index in [1.54, 1.807) is 29.1 Å². The predicted molar refractivity (Wildman–Crippen MR) is 166 cm³/mol. The number of fused-ring (bicyclic) bond motifs is 2. The zero-order valence-electron chi connectivity index (χ0n) is 24.3. The molecule has 0 saturated carbocycles. The summed E-state index contributed by atoms with van der Waals surface area (Å²) in [6.07, 6.45) is 7.88. The molecular formula is C33H26ClF2N7O3. The van der Waals surface area contributed by atoms with Gasteiger partial charge < -0.3 is 14.3 Å². The number of aromatic nitrogens is 6. The van der Waals surface area contributed by atoms with Gasteiger partial charge in [-0.15, -0.1) is 5.10 Å². The number of aromatic amines is 1. The van der Waals surface area contributed by atoms with Gasteiger partial charge in [0.15, 0.2) is 0 Å². The second kappa shape index (κ2) is 12.3. The minimum atomic E-state index is -0.754. The lowest BCUT2D eigenvalue weighted by atomic mass is 9.88. The first-order chi connectivity index (χ1) is 22.3. The first-order valence-corrected chi connectivity index (χ1v) is 15.1. The van der Waals surface area contributed by atoms with Crippen molar-refractivity contribution in [1.29, 1.82) is 0 Å². The van der Waals surface area contributed by atoms with E-state index in [0.717, 1.165) is 23.8 Å². The molecule has 10 nitrogen and oxygen atoms in total. The van der Waals surface area contributed by atoms with E-state index in [1.165, 1.54) is 24.4 Å². The molecule has 0 fully saturated rings. The molecule has 0 spiro atoms. The van der Waals surface area contributed by atoms with E-state index in [2.05, 4.69) is 20.5 Å². The fraction of sp³-hybridized carbons (Fsp3) is 0.212. The molecule has 7 rings (SSSR count). The molecule has 0 radical (unpaired) electrons. The summed E-state index contributed by atoms with van der Waals surface area (Å²) in [6, 6.07) is 11.2. The Bertz CT molecular complexity index is 2160. The number of H-pyrrole nitrogens is 1. The molecular weight excluding hydrogens is 616 g/mol. The van der Waals surface area contributed by atoms with E-state index in [1.807, 2.05) is 12.1 Å². The van der Waals surface area contributed by atoms with Crippen molar-refractivity contribution in [2.24, 2.45) is 0 Å². The lowest BCUT2D eigenvalue weighted by molar-refractivity contribution is 0.0950. The number of hydrogen-bond acceptors (Lipinski definition) is 7. The molecule has 0 atom stereocenters. The van der Waals surface area contributed by atoms with Crippen LogP contribution in [0.4, 0.5) is 8.78 Å². The first kappa shape index (κ1) is 29.5. The number of carbonyl (C=O) groups is 1. The van der Waals surface area contributed by atoms with Crippen LogP contribution in [-0.2, 0) is 25.8 Å². The van der Waals surface area contributed by atoms with E-state index in [0.29, 0.717) is 65.1 Å². The third kappa shape index (κ3) is 5.79. The average molecular weight is 642 g/mol. The van der Waals surface area contributed by atoms with Crippen LogP contribution in [0.1, 0.15) is 45.8 Å². The molecule has 0 bridgehead atoms. The Morgan fingerprint density at radius 2 is 1.78 bits per heavy atom. The van der Waals surface area contributed by atoms with Crippen LogP contribution >= 0.6 is 11.6 Å². The monoisotopic (exact) mass is 641 g/mol. The van der Waals surface area contributed by atoms with Gasteiger partial charge in [0.1, 0.15) is 17.3 Å². The number of carbonyl (C=O) groups excluding carboxylic acids is 1. The molecule has 2 N–H and O–H groups in total. The van der Waals surface area contributed by atoms with Crippen molar-refractivity contribution in [3.8, 4) is 22.6 Å². The molecule has 0 aliphatic carbocycles. The maximum atomic E-state index is 14.5. The SMILES string of the molecule is O=C1NCCCCc2nc(CCc3ccc(F)cc3)c(-c3n[nH]c(=O)o3)c(-c3cnc4c(ccn4Cc4ncc(Cl)cc4F)c3)c21. The number of pyridine rings is 3. The van der Waals surface area contributed by atoms with Gasteiger partial charge in [0, 0.05) is 41.6 Å². The Balaban J connectivity index is 1.40. The number of nitrogens with one attached hydrogen (secondary N) is 2. The van der Waals surface area contributed by atoms with Crippen molar-refractivity contribution in [3.63, 3.8) is 0 Å². The lowest BCUT2D eigenvalue weighted by Crippen LogP contribution is -2.29. The Labute approximate surface area is 265 Å². The number of benzene rings is 1. The maximum Gasteiger partial charge on any atom is 0.434 e. The molecule has 5 aromatic heterocycles. The summed E-state index contributed by atoms with van der Waals surface area (Å²) in [5.74, 6) is -1.92. The quantitative estimate of drug-likeness (QED) is 0.230. The third-order valence-electron chi connectivity index (χ3n) is 8.01. The molecule has 0 unspecified atom stereocenters. The summed E-state index contributed by atoms with van der Waals surface area (Å²) >= 11 is 5.88. The van der Waals surface area contributed by atoms with E-state index in [4.69, 9.17) is 26.0 Å². The van der Waals surface area contributed by atoms with Crippen LogP contribution in [0.25, 0.3) is 33.6 Å². The number of rotatable bonds is 7. The van der Waals surface area contributed by atoms with Crippen molar-refractivity contribution < 1.29 is 18.0 Å². The fourth-order valence-corrected chi connectivity index (χ4v) is 5.98. The molecule has 0 saturated heterocycles. The van der Waals surface area contributed by atoms with Crippen molar-refractivity contribution in [2.45, 2.75) is 38.6 Å². The summed E-state index contributed by atoms with van der Waals surface area (Å²) in [5.41, 5.74) is 4.68. The largest absolute Gasteiger partial charge is 0.434 e. The van der Waals surface area contributed by atoms with Crippen molar-refractivity contribution in [3.05, 3.63) is 116 Å². The molecule has 1 aromatic carbocycles. The summed E-state index contributed by atoms with van der Waals surface area (Å²) in [5, 5.41) is 10.4. The highest BCUT2D eigenvalue weighted by molar-refractivity contribution is 6.30. The number of hydrogen-bond donors (Lipinski definition) is 2. The molecule has 46 heavy (non-hydrogen) atoms. The maximum absolute atomic E-state index is 14.5. The van der Waals surface area contributed by atoms with Gasteiger partial charge in [-0.1, -0.05) is 23.7 Å². The zero-order chi connectivity index (χ0) is 31.8. The predicted octanol–water partition coefficient (Wildman–Crippen LogP) is 5.67. The standard InChI is InChI=1S/C33H26ClF2N7O3/c34-21-14-23(36)26(38-16-21)17-43-12-10-19-13-20(15-39-30(19)43)27-28-24(3-1-2-11-37-31(28)44)40-25(29(27)32-41-42-33(45)46-32)9-6-18-4-7-22(35)8-5-18/h4-5,7-8,10,12-16H,1-3,6,9,11,17H2,(H,37,44)(H,42,45). The van der Waals surface area contributed by atoms with Crippen LogP contribution in [0.3, 0.4) is 0 Å². The second-order valence-corrected chi connectivity index (χ2v) is 11.5. The summed E-state index contributed by atoms with van der Waals surface area (Å²) in [4.78, 5) is 39.7. The van der Waals surface area contributed by atoms with Crippen molar-refractivity contribution in [2.75, 3.05) is 6.54 Å². The number of amides is 1. The normalized spacial score (nSPS) is 13.3. The Morgan fingerprint density at radius 3 is 2.57 bits per heavy atom. The smallest absolute Gasteiger partial charge is 0.388 e. The van der Waals surface area contributed by atoms with Gasteiger partial charge in [0.05, 0.1) is 39.8 Å². The lowest BCUT2D eigenvalue weighted by Gasteiger charge is -2.22. The number of aryl methyl sites for hydroxylation is 3. The average Bonchev–Trinajstić information content (AvgIpc) is 3.65. The van der Waals surface area contributed by atoms with E-state index in [-0.39, 0.29) is 34.9 Å². The molecule has 1 aliphatic rings. The Hall–Kier alpha value is -5.23. The Morgan fingerprint density at radius 1 is 0.935 bits per heavy atom. The molecule has 1 amide bonds. The number of halogens is 3. The van der Waals surface area contributed by atoms with E-state index < -0.39 is 11.6 Å². The number of nitrogens with zero attached hydrogens (tertiary/aromatic N) is 5. The van der Waals surface area contributed by atoms with E-state index in [9.17, 15) is 18.4 Å². The van der Waals surface area contributed by atoms with Crippen LogP contribution in [0.2, 0.25) is 5.02 Å². The van der Waals surface area contributed by atoms with Gasteiger partial charge in [-0.2, -0.15) is 0 Å². The van der Waals surface area contributed by atoms with Crippen LogP contribution in [-0.4, -0.2) is 42.2 Å². The van der Waals surface area contributed by atoms with Gasteiger partial charge in [0.2, 0.25) is 0 Å². The van der Waals surface area contributed by atoms with E-state index >= 15 is 0 Å². The van der Waals surface area contributed by atoms with Crippen molar-refractivity contribution in [1.82, 2.24) is 35.0 Å². The third-order valence-corrected chi connectivity index (χ3v) is 8.22. The highest BCUT2D eigenvalue weighted by atomic mass is 35.5. The zero-order valence-corrected chi connectivity index (χ0v) is 25.1. The molecule has 6 aromatic rings. The van der Waals surface area contributed by atoms with Gasteiger partial charge in [-0.05, 0) is 68.0 Å². The van der Waals surface area contributed by atoms with Gasteiger partial charge in [-0.25, -0.2) is 23.7 Å². The minimum absolute atomic E-state index is 0.0128. The van der Waals surface area contributed by atoms with Crippen LogP contribution in [0.15, 0.2) is 70.3 Å². The molecule has 6 heterocycles. The second-order valence-electron chi connectivity index (χ2n) is 11.1. The summed E-state index contributed by atoms with van der Waals surface area (Å²) in [6.45, 7) is 0.634. The molecule has 232 valence electrons. The minimum Gasteiger partial charge on any atom is -0.388 e. The van der Waals surface area contributed by atoms with Crippen LogP contribution in [0, 0.1) is 11.6 Å². The fourth-order valence-electron chi connectivity index (χ4n) is 5.84. The molecule has 1 aliphatic heterocycles. The summed E-state index contributed by atoms with van der Waals surface area (Å²) in [7, 11) is 0. The van der Waals surface area contributed by atoms with Gasteiger partial charge in [0.25, 0.3) is 11.8 Å². The van der Waals surface area contributed by atoms with Crippen LogP contribution in [0.5, 0.6) is 0 Å². The van der Waals surface area contributed by atoms with Crippen molar-refractivity contribution >= 4 is 28.5 Å². The highest BCUT2D eigenvalue weighted by Gasteiger charge is 2.29. The molecule has 13 heteroatoms. The van der Waals surface area contributed by atoms with Gasteiger partial charge in [-0.3, -0.25) is 14.8 Å². The Kier molecular flexibility index (Phi) is 7.87. The van der Waals surface area contributed by atoms with Crippen LogP contribution < -0.4 is 11.1 Å².